The van der Waals surface area contributed by atoms with Crippen molar-refractivity contribution in [3.8, 4) is 0 Å². The van der Waals surface area contributed by atoms with E-state index >= 15 is 0 Å². The minimum Gasteiger partial charge on any atom is -0.480 e. The number of benzene rings is 1. The van der Waals surface area contributed by atoms with Crippen molar-refractivity contribution in [2.45, 2.75) is 19.4 Å². The highest BCUT2D eigenvalue weighted by atomic mass is 35.5. The number of aliphatic carboxylic acids is 1. The highest BCUT2D eigenvalue weighted by molar-refractivity contribution is 6.35. The van der Waals surface area contributed by atoms with Gasteiger partial charge in [-0.3, -0.25) is 4.68 Å². The molecule has 0 aliphatic carbocycles. The molecule has 100 valence electrons. The lowest BCUT2D eigenvalue weighted by atomic mass is 10.1. The highest BCUT2D eigenvalue weighted by Gasteiger charge is 2.22. The molecule has 1 N–H and O–H groups in total. The molecule has 1 aromatic heterocycles. The van der Waals surface area contributed by atoms with Gasteiger partial charge in [0.1, 0.15) is 0 Å². The smallest absolute Gasteiger partial charge is 0.328 e. The van der Waals surface area contributed by atoms with Crippen molar-refractivity contribution in [3.05, 3.63) is 51.8 Å². The number of carboxylic acid groups (broad SMARTS) is 1. The van der Waals surface area contributed by atoms with E-state index in [1.165, 1.54) is 4.68 Å². The molecule has 2 rings (SSSR count). The van der Waals surface area contributed by atoms with Crippen LogP contribution in [0.4, 0.5) is 0 Å². The van der Waals surface area contributed by atoms with Crippen molar-refractivity contribution in [1.82, 2.24) is 9.78 Å². The van der Waals surface area contributed by atoms with Crippen molar-refractivity contribution in [1.29, 1.82) is 0 Å². The lowest BCUT2D eigenvalue weighted by Gasteiger charge is -2.14. The summed E-state index contributed by atoms with van der Waals surface area (Å²) in [5, 5.41) is 14.4. The molecule has 0 radical (unpaired) electrons. The molecule has 0 saturated heterocycles. The number of hydrogen-bond donors (Lipinski definition) is 1. The Balaban J connectivity index is 2.29. The zero-order valence-electron chi connectivity index (χ0n) is 10.2. The van der Waals surface area contributed by atoms with Crippen LogP contribution in [0.2, 0.25) is 10.0 Å². The van der Waals surface area contributed by atoms with Gasteiger partial charge < -0.3 is 5.11 Å². The maximum atomic E-state index is 11.4. The zero-order valence-corrected chi connectivity index (χ0v) is 11.7. The fourth-order valence-electron chi connectivity index (χ4n) is 1.80. The van der Waals surface area contributed by atoms with E-state index in [-0.39, 0.29) is 6.42 Å². The lowest BCUT2D eigenvalue weighted by Crippen LogP contribution is -2.22. The highest BCUT2D eigenvalue weighted by Crippen LogP contribution is 2.25. The molecule has 0 saturated carbocycles. The first-order valence-corrected chi connectivity index (χ1v) is 6.41. The molecule has 0 amide bonds. The molecule has 1 heterocycles. The van der Waals surface area contributed by atoms with Crippen LogP contribution in [0.1, 0.15) is 17.3 Å². The molecule has 0 aliphatic heterocycles. The van der Waals surface area contributed by atoms with Gasteiger partial charge in [0.15, 0.2) is 6.04 Å². The van der Waals surface area contributed by atoms with E-state index in [4.69, 9.17) is 23.2 Å². The summed E-state index contributed by atoms with van der Waals surface area (Å²) in [4.78, 5) is 11.4. The standard InChI is InChI=1S/C13H12Cl2N2O2/c1-8-4-5-17(16-8)12(13(18)19)6-9-2-3-10(14)7-11(9)15/h2-5,7,12H,6H2,1H3,(H,18,19). The topological polar surface area (TPSA) is 55.1 Å². The van der Waals surface area contributed by atoms with Gasteiger partial charge in [-0.15, -0.1) is 0 Å². The summed E-state index contributed by atoms with van der Waals surface area (Å²) in [7, 11) is 0. The van der Waals surface area contributed by atoms with Crippen LogP contribution in [-0.4, -0.2) is 20.9 Å². The molecule has 19 heavy (non-hydrogen) atoms. The Hall–Kier alpha value is -1.52. The molecule has 0 spiro atoms. The average Bonchev–Trinajstić information content (AvgIpc) is 2.74. The Kier molecular flexibility index (Phi) is 4.12. The normalized spacial score (nSPS) is 12.4. The largest absolute Gasteiger partial charge is 0.480 e. The van der Waals surface area contributed by atoms with Crippen molar-refractivity contribution in [2.75, 3.05) is 0 Å². The average molecular weight is 299 g/mol. The third-order valence-corrected chi connectivity index (χ3v) is 3.36. The van der Waals surface area contributed by atoms with Crippen LogP contribution < -0.4 is 0 Å². The Bertz CT molecular complexity index is 610. The number of nitrogens with zero attached hydrogens (tertiary/aromatic N) is 2. The van der Waals surface area contributed by atoms with Gasteiger partial charge in [-0.1, -0.05) is 29.3 Å². The molecular weight excluding hydrogens is 287 g/mol. The molecule has 1 unspecified atom stereocenters. The molecule has 0 fully saturated rings. The summed E-state index contributed by atoms with van der Waals surface area (Å²) in [6.07, 6.45) is 1.91. The Morgan fingerprint density at radius 2 is 2.16 bits per heavy atom. The summed E-state index contributed by atoms with van der Waals surface area (Å²) in [6, 6.07) is 6.00. The van der Waals surface area contributed by atoms with Gasteiger partial charge in [0.05, 0.1) is 5.69 Å². The second kappa shape index (κ2) is 5.63. The number of carbonyl (C=O) groups is 1. The molecule has 2 aromatic rings. The third-order valence-electron chi connectivity index (χ3n) is 2.77. The number of rotatable bonds is 4. The number of carboxylic acids is 1. The number of halogens is 2. The summed E-state index contributed by atoms with van der Waals surface area (Å²) in [5.41, 5.74) is 1.50. The van der Waals surface area contributed by atoms with E-state index < -0.39 is 12.0 Å². The third kappa shape index (κ3) is 3.28. The fourth-order valence-corrected chi connectivity index (χ4v) is 2.28. The van der Waals surface area contributed by atoms with Crippen LogP contribution >= 0.6 is 23.2 Å². The Labute approximate surface area is 120 Å². The van der Waals surface area contributed by atoms with Gasteiger partial charge in [0.25, 0.3) is 0 Å². The molecule has 4 nitrogen and oxygen atoms in total. The number of aromatic nitrogens is 2. The van der Waals surface area contributed by atoms with Crippen molar-refractivity contribution in [3.63, 3.8) is 0 Å². The summed E-state index contributed by atoms with van der Waals surface area (Å²) in [6.45, 7) is 1.81. The monoisotopic (exact) mass is 298 g/mol. The second-order valence-electron chi connectivity index (χ2n) is 4.23. The number of hydrogen-bond acceptors (Lipinski definition) is 2. The van der Waals surface area contributed by atoms with Gasteiger partial charge >= 0.3 is 5.97 Å². The molecule has 0 aliphatic rings. The molecule has 0 bridgehead atoms. The van der Waals surface area contributed by atoms with Gasteiger partial charge in [0, 0.05) is 22.7 Å². The minimum atomic E-state index is -0.950. The second-order valence-corrected chi connectivity index (χ2v) is 5.07. The first kappa shape index (κ1) is 13.9. The predicted octanol–water partition coefficient (Wildman–Crippen LogP) is 3.37. The van der Waals surface area contributed by atoms with Crippen LogP contribution in [-0.2, 0) is 11.2 Å². The van der Waals surface area contributed by atoms with E-state index in [0.29, 0.717) is 10.0 Å². The predicted molar refractivity (Wildman–Crippen MR) is 73.8 cm³/mol. The minimum absolute atomic E-state index is 0.256. The SMILES string of the molecule is Cc1ccn(C(Cc2ccc(Cl)cc2Cl)C(=O)O)n1. The van der Waals surface area contributed by atoms with Gasteiger partial charge in [-0.25, -0.2) is 4.79 Å². The van der Waals surface area contributed by atoms with E-state index in [1.807, 2.05) is 6.92 Å². The quantitative estimate of drug-likeness (QED) is 0.941. The maximum absolute atomic E-state index is 11.4. The van der Waals surface area contributed by atoms with E-state index in [0.717, 1.165) is 11.3 Å². The van der Waals surface area contributed by atoms with Crippen molar-refractivity contribution < 1.29 is 9.90 Å². The van der Waals surface area contributed by atoms with E-state index in [9.17, 15) is 9.90 Å². The zero-order chi connectivity index (χ0) is 14.0. The summed E-state index contributed by atoms with van der Waals surface area (Å²) < 4.78 is 1.43. The van der Waals surface area contributed by atoms with Crippen LogP contribution in [0.5, 0.6) is 0 Å². The molecule has 1 atom stereocenters. The van der Waals surface area contributed by atoms with Crippen molar-refractivity contribution in [2.24, 2.45) is 0 Å². The van der Waals surface area contributed by atoms with E-state index in [1.54, 1.807) is 30.5 Å². The number of aryl methyl sites for hydroxylation is 1. The molecule has 6 heteroatoms. The first-order valence-electron chi connectivity index (χ1n) is 5.66. The van der Waals surface area contributed by atoms with E-state index in [2.05, 4.69) is 5.10 Å². The van der Waals surface area contributed by atoms with Crippen LogP contribution in [0.15, 0.2) is 30.5 Å². The van der Waals surface area contributed by atoms with Crippen LogP contribution in [0.25, 0.3) is 0 Å². The summed E-state index contributed by atoms with van der Waals surface area (Å²) in [5.74, 6) is -0.950. The summed E-state index contributed by atoms with van der Waals surface area (Å²) >= 11 is 11.9. The Morgan fingerprint density at radius 3 is 2.68 bits per heavy atom. The van der Waals surface area contributed by atoms with Gasteiger partial charge in [0.2, 0.25) is 0 Å². The fraction of sp³-hybridized carbons (Fsp3) is 0.231. The molecule has 1 aromatic carbocycles. The Morgan fingerprint density at radius 1 is 1.42 bits per heavy atom. The maximum Gasteiger partial charge on any atom is 0.328 e. The lowest BCUT2D eigenvalue weighted by molar-refractivity contribution is -0.141. The van der Waals surface area contributed by atoms with Gasteiger partial charge in [-0.2, -0.15) is 5.10 Å². The van der Waals surface area contributed by atoms with Crippen LogP contribution in [0.3, 0.4) is 0 Å². The van der Waals surface area contributed by atoms with Crippen LogP contribution in [0, 0.1) is 6.92 Å². The van der Waals surface area contributed by atoms with Gasteiger partial charge in [-0.05, 0) is 30.7 Å². The first-order chi connectivity index (χ1) is 8.97. The molecular formula is C13H12Cl2N2O2. The van der Waals surface area contributed by atoms with Crippen molar-refractivity contribution >= 4 is 29.2 Å².